The second-order valence-corrected chi connectivity index (χ2v) is 7.52. The first-order chi connectivity index (χ1) is 8.54. The van der Waals surface area contributed by atoms with Crippen LogP contribution in [0.5, 0.6) is 0 Å². The molecule has 1 rings (SSSR count). The Morgan fingerprint density at radius 1 is 1.26 bits per heavy atom. The number of benzene rings is 1. The highest BCUT2D eigenvalue weighted by molar-refractivity contribution is 9.10. The number of rotatable bonds is 4. The molecule has 108 valence electrons. The van der Waals surface area contributed by atoms with Crippen molar-refractivity contribution in [3.8, 4) is 0 Å². The summed E-state index contributed by atoms with van der Waals surface area (Å²) in [7, 11) is -1.82. The van der Waals surface area contributed by atoms with Gasteiger partial charge in [-0.05, 0) is 38.0 Å². The molecule has 1 aromatic rings. The molecule has 2 nitrogen and oxygen atoms in total. The van der Waals surface area contributed by atoms with Gasteiger partial charge in [0, 0.05) is 4.47 Å². The lowest BCUT2D eigenvalue weighted by Crippen LogP contribution is -2.37. The largest absolute Gasteiger partial charge is 0.395 e. The van der Waals surface area contributed by atoms with Gasteiger partial charge < -0.3 is 0 Å². The molecule has 0 spiro atoms. The molecule has 0 fully saturated rings. The van der Waals surface area contributed by atoms with E-state index in [0.717, 1.165) is 0 Å². The number of hydrogen-bond acceptors (Lipinski definition) is 1. The maximum absolute atomic E-state index is 13.1. The van der Waals surface area contributed by atoms with E-state index in [1.807, 2.05) is 0 Å². The average molecular weight is 358 g/mol. The Hall–Kier alpha value is -0.400. The highest BCUT2D eigenvalue weighted by atomic mass is 79.9. The fraction of sp³-hybridized carbons (Fsp3) is 0.500. The first-order valence-electron chi connectivity index (χ1n) is 5.52. The molecule has 0 aliphatic carbocycles. The molecule has 0 aliphatic heterocycles. The van der Waals surface area contributed by atoms with Crippen LogP contribution in [0.3, 0.4) is 0 Å². The first kappa shape index (κ1) is 16.7. The Morgan fingerprint density at radius 2 is 1.74 bits per heavy atom. The van der Waals surface area contributed by atoms with Crippen molar-refractivity contribution in [3.63, 3.8) is 0 Å². The summed E-state index contributed by atoms with van der Waals surface area (Å²) in [6, 6.07) is 5.94. The van der Waals surface area contributed by atoms with E-state index in [1.165, 1.54) is 26.0 Å². The van der Waals surface area contributed by atoms with Crippen LogP contribution in [0.1, 0.15) is 31.7 Å². The zero-order valence-electron chi connectivity index (χ0n) is 10.5. The lowest BCUT2D eigenvalue weighted by Gasteiger charge is -2.29. The third-order valence-corrected chi connectivity index (χ3v) is 4.69. The van der Waals surface area contributed by atoms with Gasteiger partial charge in [-0.1, -0.05) is 28.1 Å². The van der Waals surface area contributed by atoms with E-state index in [9.17, 15) is 17.4 Å². The van der Waals surface area contributed by atoms with Crippen molar-refractivity contribution in [2.45, 2.75) is 37.1 Å². The standard InChI is InChI=1S/C12H15BrF3NOS/c1-11(2,19(17)18)7-10(12(14,15)16)8-3-5-9(13)6-4-8/h3-6,10H,7,17H2,1-2H3/t10-,19?/m0/s1. The molecule has 0 bridgehead atoms. The maximum Gasteiger partial charge on any atom is 0.395 e. The average Bonchev–Trinajstić information content (AvgIpc) is 2.26. The lowest BCUT2D eigenvalue weighted by molar-refractivity contribution is -0.153. The minimum absolute atomic E-state index is 0.147. The molecule has 2 atom stereocenters. The van der Waals surface area contributed by atoms with Crippen molar-refractivity contribution >= 4 is 26.9 Å². The van der Waals surface area contributed by atoms with Crippen molar-refractivity contribution in [2.24, 2.45) is 5.14 Å². The summed E-state index contributed by atoms with van der Waals surface area (Å²) < 4.78 is 50.4. The van der Waals surface area contributed by atoms with E-state index >= 15 is 0 Å². The summed E-state index contributed by atoms with van der Waals surface area (Å²) in [5.41, 5.74) is 0.147. The summed E-state index contributed by atoms with van der Waals surface area (Å²) in [6.07, 6.45) is -4.72. The lowest BCUT2D eigenvalue weighted by atomic mass is 9.89. The number of alkyl halides is 3. The van der Waals surface area contributed by atoms with Crippen molar-refractivity contribution < 1.29 is 17.4 Å². The maximum atomic E-state index is 13.1. The quantitative estimate of drug-likeness (QED) is 0.872. The van der Waals surface area contributed by atoms with E-state index in [0.29, 0.717) is 4.47 Å². The van der Waals surface area contributed by atoms with E-state index in [4.69, 9.17) is 5.14 Å². The third kappa shape index (κ3) is 4.57. The second-order valence-electron chi connectivity index (χ2n) is 4.91. The Balaban J connectivity index is 3.10. The number of halogens is 4. The third-order valence-electron chi connectivity index (χ3n) is 2.91. The van der Waals surface area contributed by atoms with Crippen LogP contribution < -0.4 is 5.14 Å². The molecule has 2 N–H and O–H groups in total. The van der Waals surface area contributed by atoms with Crippen LogP contribution >= 0.6 is 15.9 Å². The number of nitrogens with two attached hydrogens (primary N) is 1. The monoisotopic (exact) mass is 357 g/mol. The van der Waals surface area contributed by atoms with Gasteiger partial charge in [-0.2, -0.15) is 13.2 Å². The summed E-state index contributed by atoms with van der Waals surface area (Å²) >= 11 is 3.18. The first-order valence-corrected chi connectivity index (χ1v) is 7.53. The summed E-state index contributed by atoms with van der Waals surface area (Å²) in [4.78, 5) is 0. The van der Waals surface area contributed by atoms with E-state index < -0.39 is 27.8 Å². The number of hydrogen-bond donors (Lipinski definition) is 1. The molecule has 0 heterocycles. The smallest absolute Gasteiger partial charge is 0.251 e. The van der Waals surface area contributed by atoms with Crippen LogP contribution in [-0.2, 0) is 11.0 Å². The Labute approximate surface area is 121 Å². The molecule has 1 unspecified atom stereocenters. The van der Waals surface area contributed by atoms with Crippen LogP contribution in [-0.4, -0.2) is 15.1 Å². The normalized spacial score (nSPS) is 16.2. The minimum Gasteiger partial charge on any atom is -0.251 e. The van der Waals surface area contributed by atoms with Crippen LogP contribution in [0.2, 0.25) is 0 Å². The molecule has 0 aliphatic rings. The van der Waals surface area contributed by atoms with Gasteiger partial charge >= 0.3 is 6.18 Å². The van der Waals surface area contributed by atoms with E-state index in [-0.39, 0.29) is 12.0 Å². The molecule has 0 amide bonds. The van der Waals surface area contributed by atoms with Crippen molar-refractivity contribution in [2.75, 3.05) is 0 Å². The molecular weight excluding hydrogens is 343 g/mol. The van der Waals surface area contributed by atoms with Gasteiger partial charge in [0.2, 0.25) is 0 Å². The molecule has 0 aromatic heterocycles. The highest BCUT2D eigenvalue weighted by Gasteiger charge is 2.44. The van der Waals surface area contributed by atoms with Gasteiger partial charge in [0.25, 0.3) is 0 Å². The van der Waals surface area contributed by atoms with Gasteiger partial charge in [-0.15, -0.1) is 0 Å². The van der Waals surface area contributed by atoms with Crippen molar-refractivity contribution in [3.05, 3.63) is 34.3 Å². The Kier molecular flexibility index (Phi) is 5.20. The Bertz CT molecular complexity index is 459. The van der Waals surface area contributed by atoms with Crippen molar-refractivity contribution in [1.82, 2.24) is 0 Å². The molecule has 0 saturated heterocycles. The SMILES string of the molecule is CC(C)(C[C@@H](c1ccc(Br)cc1)C(F)(F)F)S(N)=O. The summed E-state index contributed by atoms with van der Waals surface area (Å²) in [5.74, 6) is -1.68. The van der Waals surface area contributed by atoms with Crippen LogP contribution in [0.4, 0.5) is 13.2 Å². The predicted molar refractivity (Wildman–Crippen MR) is 74.0 cm³/mol. The molecule has 7 heteroatoms. The highest BCUT2D eigenvalue weighted by Crippen LogP contribution is 2.41. The fourth-order valence-corrected chi connectivity index (χ4v) is 2.29. The van der Waals surface area contributed by atoms with Gasteiger partial charge in [-0.3, -0.25) is 5.14 Å². The van der Waals surface area contributed by atoms with Crippen LogP contribution in [0.25, 0.3) is 0 Å². The minimum atomic E-state index is -4.40. The van der Waals surface area contributed by atoms with Gasteiger partial charge in [0.05, 0.1) is 21.7 Å². The van der Waals surface area contributed by atoms with Gasteiger partial charge in [0.1, 0.15) is 0 Å². The topological polar surface area (TPSA) is 43.1 Å². The fourth-order valence-electron chi connectivity index (χ4n) is 1.69. The second kappa shape index (κ2) is 5.93. The molecule has 1 aromatic carbocycles. The van der Waals surface area contributed by atoms with E-state index in [1.54, 1.807) is 12.1 Å². The van der Waals surface area contributed by atoms with Gasteiger partial charge in [0.15, 0.2) is 0 Å². The van der Waals surface area contributed by atoms with Crippen LogP contribution in [0, 0.1) is 0 Å². The molecule has 0 radical (unpaired) electrons. The van der Waals surface area contributed by atoms with Gasteiger partial charge in [-0.25, -0.2) is 4.21 Å². The summed E-state index contributed by atoms with van der Waals surface area (Å²) in [6.45, 7) is 2.95. The predicted octanol–water partition coefficient (Wildman–Crippen LogP) is 3.89. The zero-order valence-corrected chi connectivity index (χ0v) is 12.9. The van der Waals surface area contributed by atoms with Crippen LogP contribution in [0.15, 0.2) is 28.7 Å². The van der Waals surface area contributed by atoms with Crippen molar-refractivity contribution in [1.29, 1.82) is 0 Å². The molecule has 0 saturated carbocycles. The van der Waals surface area contributed by atoms with E-state index in [2.05, 4.69) is 15.9 Å². The molecular formula is C12H15BrF3NOS. The molecule has 19 heavy (non-hydrogen) atoms. The zero-order chi connectivity index (χ0) is 14.8. The Morgan fingerprint density at radius 3 is 2.11 bits per heavy atom. The summed E-state index contributed by atoms with van der Waals surface area (Å²) in [5, 5.41) is 5.26.